The molecule has 38 heavy (non-hydrogen) atoms. The van der Waals surface area contributed by atoms with Crippen molar-refractivity contribution in [2.45, 2.75) is 31.2 Å². The number of hydrogen-bond acceptors (Lipinski definition) is 8. The van der Waals surface area contributed by atoms with Crippen LogP contribution in [0.15, 0.2) is 17.0 Å². The molecule has 0 spiro atoms. The summed E-state index contributed by atoms with van der Waals surface area (Å²) in [6, 6.07) is 3.35. The van der Waals surface area contributed by atoms with Crippen LogP contribution in [0.2, 0.25) is 0 Å². The molecule has 1 aromatic carbocycles. The van der Waals surface area contributed by atoms with Gasteiger partial charge in [-0.05, 0) is 50.6 Å². The van der Waals surface area contributed by atoms with Gasteiger partial charge in [0.2, 0.25) is 21.8 Å². The van der Waals surface area contributed by atoms with Crippen LogP contribution < -0.4 is 4.74 Å². The zero-order valence-electron chi connectivity index (χ0n) is 23.6. The molecule has 12 heteroatoms. The third-order valence-electron chi connectivity index (χ3n) is 7.53. The van der Waals surface area contributed by atoms with Gasteiger partial charge in [0.1, 0.15) is 12.4 Å². The minimum absolute atomic E-state index is 0.0494. The van der Waals surface area contributed by atoms with Gasteiger partial charge in [-0.15, -0.1) is 0 Å². The number of carbonyl (C=O) groups excluding carboxylic acids is 2. The van der Waals surface area contributed by atoms with Crippen molar-refractivity contribution in [3.8, 4) is 5.75 Å². The predicted octanol–water partition coefficient (Wildman–Crippen LogP) is 0.256. The number of hydrogen-bond donors (Lipinski definition) is 0. The average Bonchev–Trinajstić information content (AvgIpc) is 3.37. The molecule has 0 N–H and O–H groups in total. The lowest BCUT2D eigenvalue weighted by molar-refractivity contribution is -0.138. The summed E-state index contributed by atoms with van der Waals surface area (Å²) in [6.07, 6.45) is 0.734. The Morgan fingerprint density at radius 2 is 1.68 bits per heavy atom. The summed E-state index contributed by atoms with van der Waals surface area (Å²) in [5.41, 5.74) is 1.22. The average molecular weight is 554 g/mol. The first-order valence-corrected chi connectivity index (χ1v) is 14.5. The first-order chi connectivity index (χ1) is 17.9. The maximum Gasteiger partial charge on any atom is 0.248 e. The lowest BCUT2D eigenvalue weighted by Crippen LogP contribution is -2.49. The van der Waals surface area contributed by atoms with Crippen LogP contribution in [0.4, 0.5) is 0 Å². The van der Waals surface area contributed by atoms with Gasteiger partial charge >= 0.3 is 0 Å². The maximum atomic E-state index is 13.1. The van der Waals surface area contributed by atoms with Crippen LogP contribution in [-0.4, -0.2) is 144 Å². The number of benzene rings is 1. The second-order valence-electron chi connectivity index (χ2n) is 10.3. The van der Waals surface area contributed by atoms with Gasteiger partial charge in [-0.3, -0.25) is 14.5 Å². The van der Waals surface area contributed by atoms with Crippen LogP contribution >= 0.6 is 0 Å². The van der Waals surface area contributed by atoms with Crippen molar-refractivity contribution in [2.24, 2.45) is 0 Å². The van der Waals surface area contributed by atoms with E-state index in [2.05, 4.69) is 16.8 Å². The summed E-state index contributed by atoms with van der Waals surface area (Å²) in [5.74, 6) is 0.536. The van der Waals surface area contributed by atoms with Gasteiger partial charge in [0.25, 0.3) is 0 Å². The molecule has 0 radical (unpaired) electrons. The van der Waals surface area contributed by atoms with Crippen LogP contribution in [0.25, 0.3) is 0 Å². The highest BCUT2D eigenvalue weighted by Crippen LogP contribution is 2.27. The zero-order chi connectivity index (χ0) is 28.0. The number of piperazine rings is 1. The quantitative estimate of drug-likeness (QED) is 0.360. The van der Waals surface area contributed by atoms with E-state index in [0.717, 1.165) is 32.6 Å². The predicted molar refractivity (Wildman–Crippen MR) is 145 cm³/mol. The van der Waals surface area contributed by atoms with Crippen LogP contribution in [0, 0.1) is 13.8 Å². The molecule has 2 aliphatic rings. The third-order valence-corrected chi connectivity index (χ3v) is 9.69. The highest BCUT2D eigenvalue weighted by Gasteiger charge is 2.32. The number of nitrogens with zero attached hydrogens (tertiary/aromatic N) is 5. The second kappa shape index (κ2) is 13.2. The highest BCUT2D eigenvalue weighted by molar-refractivity contribution is 7.89. The van der Waals surface area contributed by atoms with E-state index < -0.39 is 10.0 Å². The fraction of sp³-hybridized carbons (Fsp3) is 0.692. The molecule has 2 amide bonds. The standard InChI is InChI=1S/C26H43N5O6S/c1-20-15-23(36-6)16-21(2)26(20)38(34,35)28(4)13-14-37-19-25(33)29(5)22-7-8-31(17-22)24(32)18-30-11-9-27(3)10-12-30/h15-16,22H,7-14,17-19H2,1-6H3/t22-/m1/s1. The van der Waals surface area contributed by atoms with Gasteiger partial charge in [-0.2, -0.15) is 4.31 Å². The number of aryl methyl sites for hydroxylation is 2. The lowest BCUT2D eigenvalue weighted by atomic mass is 10.1. The van der Waals surface area contributed by atoms with Crippen molar-refractivity contribution in [2.75, 3.05) is 93.8 Å². The van der Waals surface area contributed by atoms with Crippen LogP contribution in [0.5, 0.6) is 5.75 Å². The Morgan fingerprint density at radius 1 is 1.05 bits per heavy atom. The Balaban J connectivity index is 1.42. The summed E-state index contributed by atoms with van der Waals surface area (Å²) in [6.45, 7) is 8.85. The molecule has 0 bridgehead atoms. The van der Waals surface area contributed by atoms with Gasteiger partial charge in [-0.25, -0.2) is 8.42 Å². The molecule has 0 unspecified atom stereocenters. The van der Waals surface area contributed by atoms with E-state index in [1.165, 1.54) is 11.4 Å². The topological polar surface area (TPSA) is 103 Å². The monoisotopic (exact) mass is 553 g/mol. The Hall–Kier alpha value is -2.25. The molecule has 2 aliphatic heterocycles. The smallest absolute Gasteiger partial charge is 0.248 e. The fourth-order valence-electron chi connectivity index (χ4n) is 4.95. The van der Waals surface area contributed by atoms with Crippen molar-refractivity contribution >= 4 is 21.8 Å². The molecule has 214 valence electrons. The summed E-state index contributed by atoms with van der Waals surface area (Å²) < 4.78 is 38.3. The Bertz CT molecular complexity index is 1070. The van der Waals surface area contributed by atoms with Crippen LogP contribution in [0.1, 0.15) is 17.5 Å². The summed E-state index contributed by atoms with van der Waals surface area (Å²) >= 11 is 0. The molecule has 1 aromatic rings. The van der Waals surface area contributed by atoms with Gasteiger partial charge < -0.3 is 24.2 Å². The molecule has 1 atom stereocenters. The van der Waals surface area contributed by atoms with E-state index in [-0.39, 0.29) is 42.5 Å². The van der Waals surface area contributed by atoms with Crippen molar-refractivity contribution in [3.05, 3.63) is 23.3 Å². The summed E-state index contributed by atoms with van der Waals surface area (Å²) in [4.78, 5) is 33.6. The SMILES string of the molecule is COc1cc(C)c(S(=O)(=O)N(C)CCOCC(=O)N(C)[C@@H]2CCN(C(=O)CN3CCN(C)CC3)C2)c(C)c1. The van der Waals surface area contributed by atoms with Gasteiger partial charge in [0.05, 0.1) is 31.2 Å². The van der Waals surface area contributed by atoms with E-state index in [9.17, 15) is 18.0 Å². The van der Waals surface area contributed by atoms with Gasteiger partial charge in [0.15, 0.2) is 0 Å². The van der Waals surface area contributed by atoms with E-state index in [1.54, 1.807) is 45.0 Å². The Kier molecular flexibility index (Phi) is 10.5. The number of rotatable bonds is 11. The molecule has 0 aliphatic carbocycles. The number of sulfonamides is 1. The molecule has 2 heterocycles. The molecule has 0 aromatic heterocycles. The number of likely N-dealkylation sites (tertiary alicyclic amines) is 1. The number of likely N-dealkylation sites (N-methyl/N-ethyl adjacent to an activating group) is 3. The Morgan fingerprint density at radius 3 is 2.29 bits per heavy atom. The molecule has 2 saturated heterocycles. The summed E-state index contributed by atoms with van der Waals surface area (Å²) in [7, 11) is 3.14. The molecule has 11 nitrogen and oxygen atoms in total. The lowest BCUT2D eigenvalue weighted by Gasteiger charge is -2.33. The first-order valence-electron chi connectivity index (χ1n) is 13.1. The van der Waals surface area contributed by atoms with Crippen LogP contribution in [-0.2, 0) is 24.3 Å². The van der Waals surface area contributed by atoms with Gasteiger partial charge in [-0.1, -0.05) is 0 Å². The molecule has 3 rings (SSSR count). The van der Waals surface area contributed by atoms with Crippen LogP contribution in [0.3, 0.4) is 0 Å². The molecular weight excluding hydrogens is 510 g/mol. The third kappa shape index (κ3) is 7.44. The highest BCUT2D eigenvalue weighted by atomic mass is 32.2. The van der Waals surface area contributed by atoms with E-state index >= 15 is 0 Å². The number of amides is 2. The largest absolute Gasteiger partial charge is 0.497 e. The normalized spacial score (nSPS) is 19.2. The van der Waals surface area contributed by atoms with E-state index in [1.807, 2.05) is 4.90 Å². The van der Waals surface area contributed by atoms with E-state index in [4.69, 9.17) is 9.47 Å². The number of methoxy groups -OCH3 is 1. The zero-order valence-corrected chi connectivity index (χ0v) is 24.4. The molecule has 2 fully saturated rings. The number of ether oxygens (including phenoxy) is 2. The molecular formula is C26H43N5O6S. The minimum Gasteiger partial charge on any atom is -0.497 e. The maximum absolute atomic E-state index is 13.1. The Labute approximate surface area is 227 Å². The van der Waals surface area contributed by atoms with Crippen molar-refractivity contribution in [3.63, 3.8) is 0 Å². The molecule has 0 saturated carbocycles. The summed E-state index contributed by atoms with van der Waals surface area (Å²) in [5, 5.41) is 0. The van der Waals surface area contributed by atoms with E-state index in [0.29, 0.717) is 36.5 Å². The number of carbonyl (C=O) groups is 2. The first kappa shape index (κ1) is 30.3. The van der Waals surface area contributed by atoms with Crippen molar-refractivity contribution in [1.82, 2.24) is 23.9 Å². The van der Waals surface area contributed by atoms with Crippen molar-refractivity contribution < 1.29 is 27.5 Å². The second-order valence-corrected chi connectivity index (χ2v) is 12.3. The van der Waals surface area contributed by atoms with Gasteiger partial charge in [0, 0.05) is 59.9 Å². The van der Waals surface area contributed by atoms with Crippen molar-refractivity contribution in [1.29, 1.82) is 0 Å². The fourth-order valence-corrected chi connectivity index (χ4v) is 6.51. The minimum atomic E-state index is -3.72.